The minimum absolute atomic E-state index is 0.885. The van der Waals surface area contributed by atoms with Crippen molar-refractivity contribution in [1.29, 1.82) is 0 Å². The number of fused-ring (bicyclic) bond motifs is 5. The maximum absolute atomic E-state index is 4.60. The second kappa shape index (κ2) is 2.64. The Morgan fingerprint density at radius 2 is 1.94 bits per heavy atom. The molecule has 2 aliphatic rings. The van der Waals surface area contributed by atoms with Crippen molar-refractivity contribution >= 4 is 28.0 Å². The number of aliphatic imine (C=N–C) groups is 1. The Balaban J connectivity index is 2.16. The van der Waals surface area contributed by atoms with Crippen molar-refractivity contribution in [1.82, 2.24) is 9.97 Å². The van der Waals surface area contributed by atoms with E-state index in [1.54, 1.807) is 12.4 Å². The van der Waals surface area contributed by atoms with Crippen molar-refractivity contribution in [2.45, 2.75) is 0 Å². The highest BCUT2D eigenvalue weighted by Gasteiger charge is 2.23. The molecule has 1 aliphatic heterocycles. The molecule has 0 amide bonds. The number of aromatic nitrogens is 2. The molecule has 3 nitrogen and oxygen atoms in total. The molecule has 3 heteroatoms. The molecular weight excluding hydrogens is 198 g/mol. The average Bonchev–Trinajstić information content (AvgIpc) is 2.88. The van der Waals surface area contributed by atoms with Gasteiger partial charge < -0.3 is 0 Å². The largest absolute Gasteiger partial charge is 0.253 e. The first-order chi connectivity index (χ1) is 7.93. The molecule has 0 atom stereocenters. The highest BCUT2D eigenvalue weighted by Crippen LogP contribution is 2.40. The van der Waals surface area contributed by atoms with E-state index in [0.717, 1.165) is 28.0 Å². The molecular formula is C13H7N3. The van der Waals surface area contributed by atoms with E-state index in [2.05, 4.69) is 27.1 Å². The normalized spacial score (nSPS) is 16.0. The van der Waals surface area contributed by atoms with Crippen LogP contribution in [0, 0.1) is 0 Å². The summed E-state index contributed by atoms with van der Waals surface area (Å²) in [4.78, 5) is 13.2. The Labute approximate surface area is 91.9 Å². The fraction of sp³-hybridized carbons (Fsp3) is 0. The van der Waals surface area contributed by atoms with Crippen molar-refractivity contribution < 1.29 is 0 Å². The van der Waals surface area contributed by atoms with Crippen LogP contribution < -0.4 is 0 Å². The van der Waals surface area contributed by atoms with Gasteiger partial charge in [-0.25, -0.2) is 4.99 Å². The summed E-state index contributed by atoms with van der Waals surface area (Å²) in [7, 11) is 0. The van der Waals surface area contributed by atoms with Crippen LogP contribution in [-0.4, -0.2) is 15.7 Å². The topological polar surface area (TPSA) is 38.1 Å². The summed E-state index contributed by atoms with van der Waals surface area (Å²) in [5.74, 6) is 0. The van der Waals surface area contributed by atoms with Crippen molar-refractivity contribution in [2.24, 2.45) is 4.99 Å². The molecule has 0 saturated heterocycles. The van der Waals surface area contributed by atoms with E-state index >= 15 is 0 Å². The Hall–Kier alpha value is -2.29. The predicted octanol–water partition coefficient (Wildman–Crippen LogP) is 2.67. The van der Waals surface area contributed by atoms with Crippen LogP contribution in [0.5, 0.6) is 0 Å². The first-order valence-electron chi connectivity index (χ1n) is 5.15. The number of hydrogen-bond donors (Lipinski definition) is 0. The van der Waals surface area contributed by atoms with E-state index in [0.29, 0.717) is 0 Å². The van der Waals surface area contributed by atoms with Crippen LogP contribution in [-0.2, 0) is 0 Å². The lowest BCUT2D eigenvalue weighted by Gasteiger charge is -2.01. The van der Waals surface area contributed by atoms with Gasteiger partial charge in [-0.1, -0.05) is 12.2 Å². The number of hydrogen-bond acceptors (Lipinski definition) is 3. The zero-order valence-electron chi connectivity index (χ0n) is 8.38. The summed E-state index contributed by atoms with van der Waals surface area (Å²) in [6.07, 6.45) is 9.56. The molecule has 74 valence electrons. The predicted molar refractivity (Wildman–Crippen MR) is 63.8 cm³/mol. The maximum atomic E-state index is 4.60. The van der Waals surface area contributed by atoms with Gasteiger partial charge in [0.2, 0.25) is 0 Å². The van der Waals surface area contributed by atoms with E-state index < -0.39 is 0 Å². The maximum Gasteiger partial charge on any atom is 0.115 e. The summed E-state index contributed by atoms with van der Waals surface area (Å²) in [6, 6.07) is 4.07. The second-order valence-electron chi connectivity index (χ2n) is 3.82. The lowest BCUT2D eigenvalue weighted by molar-refractivity contribution is 1.29. The molecule has 1 aliphatic carbocycles. The molecule has 0 fully saturated rings. The van der Waals surface area contributed by atoms with Crippen LogP contribution in [0.4, 0.5) is 5.69 Å². The first kappa shape index (κ1) is 7.93. The van der Waals surface area contributed by atoms with E-state index in [1.165, 1.54) is 5.57 Å². The molecule has 0 unspecified atom stereocenters. The molecule has 2 aromatic rings. The van der Waals surface area contributed by atoms with Crippen molar-refractivity contribution in [3.63, 3.8) is 0 Å². The standard InChI is InChI=1S/C13H7N3/c1-2-8-9-4-5-11-13(15-7-6-14-11)12(9)16-10(8)3-1/h1-7H. The van der Waals surface area contributed by atoms with Gasteiger partial charge in [-0.05, 0) is 18.2 Å². The summed E-state index contributed by atoms with van der Waals surface area (Å²) in [5, 5.41) is 0. The van der Waals surface area contributed by atoms with Gasteiger partial charge in [-0.15, -0.1) is 0 Å². The molecule has 0 bridgehead atoms. The van der Waals surface area contributed by atoms with Crippen LogP contribution in [0.3, 0.4) is 0 Å². The Kier molecular flexibility index (Phi) is 1.31. The second-order valence-corrected chi connectivity index (χ2v) is 3.82. The van der Waals surface area contributed by atoms with E-state index in [-0.39, 0.29) is 0 Å². The molecule has 16 heavy (non-hydrogen) atoms. The van der Waals surface area contributed by atoms with E-state index in [1.807, 2.05) is 18.2 Å². The zero-order valence-corrected chi connectivity index (χ0v) is 8.38. The summed E-state index contributed by atoms with van der Waals surface area (Å²) in [5.41, 5.74) is 6.13. The first-order valence-corrected chi connectivity index (χ1v) is 5.15. The minimum atomic E-state index is 0.885. The fourth-order valence-corrected chi connectivity index (χ4v) is 2.21. The minimum Gasteiger partial charge on any atom is -0.253 e. The SMILES string of the molecule is C1=CC2=Nc3c(ccc4nccnc34)C2=C1. The molecule has 0 spiro atoms. The van der Waals surface area contributed by atoms with Gasteiger partial charge in [0, 0.05) is 23.5 Å². The number of benzene rings is 1. The van der Waals surface area contributed by atoms with Gasteiger partial charge in [0.25, 0.3) is 0 Å². The van der Waals surface area contributed by atoms with Crippen molar-refractivity contribution in [3.8, 4) is 0 Å². The smallest absolute Gasteiger partial charge is 0.115 e. The monoisotopic (exact) mass is 205 g/mol. The molecule has 1 aromatic carbocycles. The van der Waals surface area contributed by atoms with Crippen LogP contribution in [0.1, 0.15) is 5.56 Å². The average molecular weight is 205 g/mol. The molecule has 1 aromatic heterocycles. The zero-order chi connectivity index (χ0) is 10.5. The number of nitrogens with zero attached hydrogens (tertiary/aromatic N) is 3. The van der Waals surface area contributed by atoms with Crippen LogP contribution >= 0.6 is 0 Å². The molecule has 4 rings (SSSR count). The third-order valence-corrected chi connectivity index (χ3v) is 2.93. The lowest BCUT2D eigenvalue weighted by Crippen LogP contribution is -1.87. The fourth-order valence-electron chi connectivity index (χ4n) is 2.21. The summed E-state index contributed by atoms with van der Waals surface area (Å²) < 4.78 is 0. The van der Waals surface area contributed by atoms with Gasteiger partial charge in [-0.3, -0.25) is 9.97 Å². The highest BCUT2D eigenvalue weighted by atomic mass is 14.9. The van der Waals surface area contributed by atoms with E-state index in [9.17, 15) is 0 Å². The Morgan fingerprint density at radius 3 is 2.94 bits per heavy atom. The van der Waals surface area contributed by atoms with Gasteiger partial charge >= 0.3 is 0 Å². The molecule has 0 radical (unpaired) electrons. The lowest BCUT2D eigenvalue weighted by atomic mass is 10.0. The van der Waals surface area contributed by atoms with Crippen LogP contribution in [0.15, 0.2) is 47.7 Å². The van der Waals surface area contributed by atoms with Crippen LogP contribution in [0.25, 0.3) is 16.6 Å². The third kappa shape index (κ3) is 0.852. The third-order valence-electron chi connectivity index (χ3n) is 2.93. The quantitative estimate of drug-likeness (QED) is 0.663. The molecule has 2 heterocycles. The van der Waals surface area contributed by atoms with Gasteiger partial charge in [0.05, 0.1) is 16.9 Å². The molecule has 0 saturated carbocycles. The van der Waals surface area contributed by atoms with E-state index in [4.69, 9.17) is 0 Å². The summed E-state index contributed by atoms with van der Waals surface area (Å²) in [6.45, 7) is 0. The van der Waals surface area contributed by atoms with Crippen molar-refractivity contribution in [3.05, 3.63) is 48.3 Å². The Bertz CT molecular complexity index is 708. The van der Waals surface area contributed by atoms with Gasteiger partial charge in [0.15, 0.2) is 0 Å². The van der Waals surface area contributed by atoms with Crippen LogP contribution in [0.2, 0.25) is 0 Å². The number of rotatable bonds is 0. The number of allylic oxidation sites excluding steroid dienone is 4. The van der Waals surface area contributed by atoms with Crippen molar-refractivity contribution in [2.75, 3.05) is 0 Å². The molecule has 0 N–H and O–H groups in total. The Morgan fingerprint density at radius 1 is 1.00 bits per heavy atom. The van der Waals surface area contributed by atoms with Gasteiger partial charge in [-0.2, -0.15) is 0 Å². The summed E-state index contributed by atoms with van der Waals surface area (Å²) >= 11 is 0. The highest BCUT2D eigenvalue weighted by molar-refractivity contribution is 6.37. The van der Waals surface area contributed by atoms with Gasteiger partial charge in [0.1, 0.15) is 5.52 Å².